The molecule has 4 aliphatic rings. The maximum absolute atomic E-state index is 14.2. The second-order valence-corrected chi connectivity index (χ2v) is 25.7. The predicted octanol–water partition coefficient (Wildman–Crippen LogP) is 1.10. The number of carbonyl (C=O) groups excluding carboxylic acids is 6. The third kappa shape index (κ3) is 24.5. The Balaban J connectivity index is 0.878. The van der Waals surface area contributed by atoms with Crippen LogP contribution in [0.3, 0.4) is 0 Å². The van der Waals surface area contributed by atoms with Crippen LogP contribution in [0, 0.1) is 6.92 Å². The zero-order valence-corrected chi connectivity index (χ0v) is 54.5. The summed E-state index contributed by atoms with van der Waals surface area (Å²) in [6, 6.07) is 13.7. The molecule has 3 aromatic rings. The summed E-state index contributed by atoms with van der Waals surface area (Å²) >= 11 is 1.22. The average molecular weight is 1340 g/mol. The SMILES string of the molecule is CN=C[C@H]1CC(F)(F)CN1C(=O)CNC(O)c1ccnc2ccc(OCCCN3CCN(C(=O)CN4C(=O)CC(SC[C@H](CCCCNC(=O)CCCc5ccc(C)cc5)NC(=O)CN5CCN(CC(=O)O)CCN(CC(=O)O)CCN(CC(=O)O)CC5)C4=O)CC3)cc12. The van der Waals surface area contributed by atoms with Crippen molar-refractivity contribution in [2.75, 3.05) is 157 Å². The number of nitrogens with one attached hydrogen (secondary N) is 3. The van der Waals surface area contributed by atoms with Gasteiger partial charge < -0.3 is 45.6 Å². The number of aliphatic hydroxyl groups excluding tert-OH is 1. The highest BCUT2D eigenvalue weighted by Gasteiger charge is 2.46. The molecule has 4 atom stereocenters. The minimum atomic E-state index is -3.04. The minimum Gasteiger partial charge on any atom is -0.494 e. The lowest BCUT2D eigenvalue weighted by Gasteiger charge is -2.35. The van der Waals surface area contributed by atoms with Crippen LogP contribution in [0.1, 0.15) is 74.3 Å². The Morgan fingerprint density at radius 1 is 0.755 bits per heavy atom. The van der Waals surface area contributed by atoms with Crippen LogP contribution in [0.25, 0.3) is 10.9 Å². The maximum atomic E-state index is 14.2. The van der Waals surface area contributed by atoms with Crippen LogP contribution < -0.4 is 20.7 Å². The van der Waals surface area contributed by atoms with Crippen molar-refractivity contribution in [2.24, 2.45) is 4.99 Å². The molecule has 516 valence electrons. The number of thioether (sulfide) groups is 1. The number of unbranched alkanes of at least 4 members (excludes halogenated alkanes) is 1. The number of imide groups is 1. The van der Waals surface area contributed by atoms with E-state index in [0.29, 0.717) is 107 Å². The van der Waals surface area contributed by atoms with Gasteiger partial charge in [-0.2, -0.15) is 0 Å². The van der Waals surface area contributed by atoms with Gasteiger partial charge in [0, 0.05) is 153 Å². The molecule has 4 saturated heterocycles. The Bertz CT molecular complexity index is 3060. The highest BCUT2D eigenvalue weighted by Crippen LogP contribution is 2.32. The van der Waals surface area contributed by atoms with Crippen LogP contribution >= 0.6 is 11.8 Å². The lowest BCUT2D eigenvalue weighted by molar-refractivity contribution is -0.146. The van der Waals surface area contributed by atoms with E-state index in [1.54, 1.807) is 43.9 Å². The van der Waals surface area contributed by atoms with E-state index in [0.717, 1.165) is 27.3 Å². The van der Waals surface area contributed by atoms with Crippen molar-refractivity contribution in [3.05, 3.63) is 71.4 Å². The number of benzene rings is 2. The molecule has 2 unspecified atom stereocenters. The number of aliphatic carboxylic acids is 3. The third-order valence-corrected chi connectivity index (χ3v) is 18.4. The molecule has 0 bridgehead atoms. The number of piperazine rings is 1. The Labute approximate surface area is 550 Å². The molecule has 0 aliphatic carbocycles. The molecule has 7 N–H and O–H groups in total. The lowest BCUT2D eigenvalue weighted by Crippen LogP contribution is -2.52. The fourth-order valence-corrected chi connectivity index (χ4v) is 13.2. The number of carboxylic acid groups (broad SMARTS) is 3. The van der Waals surface area contributed by atoms with E-state index in [2.05, 4.69) is 43.0 Å². The third-order valence-electron chi connectivity index (χ3n) is 17.1. The molecule has 94 heavy (non-hydrogen) atoms. The summed E-state index contributed by atoms with van der Waals surface area (Å²) < 4.78 is 34.4. The summed E-state index contributed by atoms with van der Waals surface area (Å²) in [5.41, 5.74) is 3.30. The summed E-state index contributed by atoms with van der Waals surface area (Å²) in [4.78, 5) is 137. The fourth-order valence-electron chi connectivity index (χ4n) is 11.9. The molecule has 5 heterocycles. The van der Waals surface area contributed by atoms with Gasteiger partial charge in [0.1, 0.15) is 18.5 Å². The minimum absolute atomic E-state index is 0.0665. The summed E-state index contributed by atoms with van der Waals surface area (Å²) in [6.45, 7) is 4.41. The number of amides is 6. The molecule has 30 heteroatoms. The number of ether oxygens (including phenoxy) is 1. The van der Waals surface area contributed by atoms with Crippen molar-refractivity contribution in [1.82, 2.24) is 60.1 Å². The molecule has 1 aromatic heterocycles. The van der Waals surface area contributed by atoms with Crippen molar-refractivity contribution in [2.45, 2.75) is 94.2 Å². The van der Waals surface area contributed by atoms with Crippen LogP contribution in [-0.4, -0.2) is 304 Å². The first-order chi connectivity index (χ1) is 45.0. The number of alkyl halides is 2. The second-order valence-electron chi connectivity index (χ2n) is 24.4. The zero-order chi connectivity index (χ0) is 67.7. The van der Waals surface area contributed by atoms with Gasteiger partial charge in [0.05, 0.1) is 62.7 Å². The molecule has 0 saturated carbocycles. The Hall–Kier alpha value is -7.32. The number of aliphatic imine (C=N–C) groups is 1. The largest absolute Gasteiger partial charge is 0.494 e. The number of halogens is 2. The summed E-state index contributed by atoms with van der Waals surface area (Å²) in [5, 5.41) is 48.7. The van der Waals surface area contributed by atoms with Gasteiger partial charge in [-0.05, 0) is 75.3 Å². The van der Waals surface area contributed by atoms with Crippen LogP contribution in [0.4, 0.5) is 8.78 Å². The highest BCUT2D eigenvalue weighted by molar-refractivity contribution is 8.00. The van der Waals surface area contributed by atoms with E-state index in [1.807, 2.05) is 24.0 Å². The van der Waals surface area contributed by atoms with Gasteiger partial charge in [-0.25, -0.2) is 8.78 Å². The van der Waals surface area contributed by atoms with Gasteiger partial charge in [0.2, 0.25) is 35.4 Å². The molecular weight excluding hydrogens is 1240 g/mol. The quantitative estimate of drug-likeness (QED) is 0.0194. The van der Waals surface area contributed by atoms with Crippen LogP contribution in [0.15, 0.2) is 59.7 Å². The topological polar surface area (TPSA) is 331 Å². The number of carbonyl (C=O) groups is 9. The highest BCUT2D eigenvalue weighted by atomic mass is 32.2. The molecule has 6 amide bonds. The number of carboxylic acids is 3. The Morgan fingerprint density at radius 3 is 1.99 bits per heavy atom. The zero-order valence-electron chi connectivity index (χ0n) is 53.7. The van der Waals surface area contributed by atoms with E-state index in [9.17, 15) is 72.4 Å². The number of aliphatic hydroxyl groups is 1. The van der Waals surface area contributed by atoms with E-state index in [1.165, 1.54) is 31.2 Å². The van der Waals surface area contributed by atoms with Gasteiger partial charge in [-0.3, -0.25) is 87.8 Å². The number of rotatable bonds is 33. The smallest absolute Gasteiger partial charge is 0.317 e. The number of hydrogen-bond acceptors (Lipinski definition) is 20. The maximum Gasteiger partial charge on any atom is 0.317 e. The van der Waals surface area contributed by atoms with E-state index < -0.39 is 91.2 Å². The normalized spacial score (nSPS) is 19.9. The van der Waals surface area contributed by atoms with Crippen molar-refractivity contribution in [3.8, 4) is 5.75 Å². The molecule has 4 fully saturated rings. The molecule has 27 nitrogen and oxygen atoms in total. The van der Waals surface area contributed by atoms with Crippen LogP contribution in [0.2, 0.25) is 0 Å². The molecule has 2 aromatic carbocycles. The molecule has 0 spiro atoms. The standard InChI is InChI=1S/C64H91F2N13O14S/c1-45-10-12-46(13-11-45)7-5-9-54(80)69-17-4-3-8-47(71-55(81)38-73-20-22-74(40-59(85)86)24-26-76(42-61(89)90)27-25-75(23-21-73)41-60(87)88)43-94-53-34-56(82)78(63(53)92)39-58(84)77-30-28-72(29-31-77)19-6-32-93-49-14-15-52-51(33-49)50(16-18-68-52)62(91)70-37-57(83)79-44-64(65,66)35-48(79)36-67-2/h10-16,18,33,36,47-48,53,62,70,91H,3-9,17,19-32,34-35,37-44H2,1-2H3,(H,69,80)(H,71,81)(H,85,86)(H,87,88)(H,89,90)/t47-,48+,53?,62?/m0/s1. The van der Waals surface area contributed by atoms with E-state index in [4.69, 9.17) is 4.74 Å². The van der Waals surface area contributed by atoms with Gasteiger partial charge >= 0.3 is 17.9 Å². The molecular formula is C64H91F2N13O14S. The summed E-state index contributed by atoms with van der Waals surface area (Å²) in [7, 11) is 1.45. The fraction of sp³-hybridized carbons (Fsp3) is 0.609. The van der Waals surface area contributed by atoms with E-state index >= 15 is 0 Å². The summed E-state index contributed by atoms with van der Waals surface area (Å²) in [6.07, 6.45) is 4.96. The molecule has 4 aliphatic heterocycles. The second kappa shape index (κ2) is 37.1. The predicted molar refractivity (Wildman–Crippen MR) is 346 cm³/mol. The first kappa shape index (κ1) is 74.1. The van der Waals surface area contributed by atoms with Crippen molar-refractivity contribution in [1.29, 1.82) is 0 Å². The van der Waals surface area contributed by atoms with Crippen LogP contribution in [-0.2, 0) is 49.6 Å². The van der Waals surface area contributed by atoms with Crippen LogP contribution in [0.5, 0.6) is 5.75 Å². The monoisotopic (exact) mass is 1340 g/mol. The Morgan fingerprint density at radius 2 is 1.37 bits per heavy atom. The average Bonchev–Trinajstić information content (AvgIpc) is 1.24. The lowest BCUT2D eigenvalue weighted by atomic mass is 10.1. The number of aromatic nitrogens is 1. The van der Waals surface area contributed by atoms with Gasteiger partial charge in [-0.15, -0.1) is 11.8 Å². The van der Waals surface area contributed by atoms with Crippen molar-refractivity contribution in [3.63, 3.8) is 0 Å². The number of nitrogens with zero attached hydrogens (tertiary/aromatic N) is 10. The summed E-state index contributed by atoms with van der Waals surface area (Å²) in [5.74, 6) is -7.89. The molecule has 0 radical (unpaired) electrons. The number of pyridine rings is 1. The van der Waals surface area contributed by atoms with Crippen molar-refractivity contribution >= 4 is 82.2 Å². The van der Waals surface area contributed by atoms with E-state index in [-0.39, 0.29) is 108 Å². The van der Waals surface area contributed by atoms with Gasteiger partial charge in [0.15, 0.2) is 0 Å². The Kier molecular flexibility index (Phi) is 29.2. The number of hydrogen-bond donors (Lipinski definition) is 7. The first-order valence-electron chi connectivity index (χ1n) is 32.2. The molecule has 7 rings (SSSR count). The number of aryl methyl sites for hydroxylation is 2. The van der Waals surface area contributed by atoms with Gasteiger partial charge in [0.25, 0.3) is 5.92 Å². The first-order valence-corrected chi connectivity index (χ1v) is 33.2. The number of fused-ring (bicyclic) bond motifs is 1. The van der Waals surface area contributed by atoms with Gasteiger partial charge in [-0.1, -0.05) is 29.8 Å². The number of likely N-dealkylation sites (tertiary alicyclic amines) is 2. The van der Waals surface area contributed by atoms with Crippen molar-refractivity contribution < 1.29 is 77.1 Å².